The maximum atomic E-state index is 10.4. The largest absolute Gasteiger partial charge is 0.367 e. The van der Waals surface area contributed by atoms with E-state index in [1.807, 2.05) is 36.4 Å². The van der Waals surface area contributed by atoms with E-state index in [-0.39, 0.29) is 0 Å². The Bertz CT molecular complexity index is 449. The summed E-state index contributed by atoms with van der Waals surface area (Å²) < 4.78 is 0. The van der Waals surface area contributed by atoms with Gasteiger partial charge in [0.2, 0.25) is 0 Å². The molecule has 1 heterocycles. The van der Waals surface area contributed by atoms with Gasteiger partial charge in [-0.15, -0.1) is 0 Å². The molecule has 2 rings (SSSR count). The van der Waals surface area contributed by atoms with E-state index in [9.17, 15) is 4.79 Å². The number of allylic oxidation sites excluding steroid dienone is 1. The second kappa shape index (κ2) is 5.16. The summed E-state index contributed by atoms with van der Waals surface area (Å²) >= 11 is 0. The Morgan fingerprint density at radius 3 is 2.65 bits per heavy atom. The molecule has 0 spiro atoms. The van der Waals surface area contributed by atoms with Crippen LogP contribution in [0.5, 0.6) is 0 Å². The van der Waals surface area contributed by atoms with Crippen LogP contribution in [0.3, 0.4) is 0 Å². The number of carbonyl (C=O) groups excluding carboxylic acids is 1. The third-order valence-electron chi connectivity index (χ3n) is 2.34. The Morgan fingerprint density at radius 1 is 1.35 bits per heavy atom. The number of hydrazone groups is 1. The Morgan fingerprint density at radius 2 is 2.06 bits per heavy atom. The lowest BCUT2D eigenvalue weighted by atomic mass is 10.1. The lowest BCUT2D eigenvalue weighted by molar-refractivity contribution is 0.249. The number of nitrogens with one attached hydrogen (secondary N) is 1. The van der Waals surface area contributed by atoms with Crippen molar-refractivity contribution in [3.8, 4) is 0 Å². The summed E-state index contributed by atoms with van der Waals surface area (Å²) in [5.74, 6) is 0. The number of urea groups is 1. The molecule has 0 atom stereocenters. The van der Waals surface area contributed by atoms with Crippen molar-refractivity contribution in [2.75, 3.05) is 13.1 Å². The van der Waals surface area contributed by atoms with Crippen LogP contribution in [0.15, 0.2) is 41.5 Å². The van der Waals surface area contributed by atoms with Crippen LogP contribution in [0.4, 0.5) is 4.79 Å². The van der Waals surface area contributed by atoms with Crippen molar-refractivity contribution in [1.29, 1.82) is 0 Å². The lowest BCUT2D eigenvalue weighted by Crippen LogP contribution is -2.24. The van der Waals surface area contributed by atoms with Crippen LogP contribution < -0.4 is 11.2 Å². The van der Waals surface area contributed by atoms with E-state index in [1.165, 1.54) is 6.21 Å². The molecular weight excluding hydrogens is 216 g/mol. The molecule has 0 unspecified atom stereocenters. The van der Waals surface area contributed by atoms with Gasteiger partial charge >= 0.3 is 6.03 Å². The fraction of sp³-hybridized carbons (Fsp3) is 0.167. The minimum Gasteiger partial charge on any atom is -0.367 e. The molecule has 1 aliphatic heterocycles. The fourth-order valence-electron chi connectivity index (χ4n) is 1.49. The van der Waals surface area contributed by atoms with E-state index in [4.69, 9.17) is 5.73 Å². The molecule has 17 heavy (non-hydrogen) atoms. The van der Waals surface area contributed by atoms with Crippen LogP contribution in [-0.4, -0.2) is 30.2 Å². The summed E-state index contributed by atoms with van der Waals surface area (Å²) in [6.07, 6.45) is 3.39. The summed E-state index contributed by atoms with van der Waals surface area (Å²) in [6.45, 7) is 2.11. The molecule has 1 aliphatic rings. The van der Waals surface area contributed by atoms with Crippen LogP contribution >= 0.6 is 0 Å². The van der Waals surface area contributed by atoms with Crippen molar-refractivity contribution >= 4 is 17.9 Å². The van der Waals surface area contributed by atoms with Gasteiger partial charge < -0.3 is 10.6 Å². The Labute approximate surface area is 99.6 Å². The third kappa shape index (κ3) is 3.34. The van der Waals surface area contributed by atoms with Gasteiger partial charge in [0.1, 0.15) is 0 Å². The minimum atomic E-state index is -0.664. The minimum absolute atomic E-state index is 0.664. The molecule has 0 bridgehead atoms. The molecule has 1 aromatic carbocycles. The molecule has 0 saturated carbocycles. The van der Waals surface area contributed by atoms with E-state index in [1.54, 1.807) is 0 Å². The molecule has 5 nitrogen and oxygen atoms in total. The number of nitrogens with zero attached hydrogens (tertiary/aromatic N) is 2. The van der Waals surface area contributed by atoms with Gasteiger partial charge in [-0.05, 0) is 11.6 Å². The lowest BCUT2D eigenvalue weighted by Gasteiger charge is -2.07. The van der Waals surface area contributed by atoms with Gasteiger partial charge in [-0.25, -0.2) is 10.2 Å². The van der Waals surface area contributed by atoms with Gasteiger partial charge in [0.15, 0.2) is 0 Å². The summed E-state index contributed by atoms with van der Waals surface area (Å²) in [5, 5.41) is 3.69. The molecule has 2 amide bonds. The molecule has 0 aromatic heterocycles. The Kier molecular flexibility index (Phi) is 3.40. The Balaban J connectivity index is 2.10. The molecule has 1 fully saturated rings. The molecule has 1 saturated heterocycles. The van der Waals surface area contributed by atoms with Gasteiger partial charge in [-0.1, -0.05) is 30.3 Å². The first-order valence-electron chi connectivity index (χ1n) is 5.36. The monoisotopic (exact) mass is 230 g/mol. The van der Waals surface area contributed by atoms with E-state index < -0.39 is 6.03 Å². The quantitative estimate of drug-likeness (QED) is 0.460. The van der Waals surface area contributed by atoms with Crippen LogP contribution in [0.25, 0.3) is 5.70 Å². The van der Waals surface area contributed by atoms with E-state index >= 15 is 0 Å². The highest BCUT2D eigenvalue weighted by Crippen LogP contribution is 2.24. The molecule has 3 N–H and O–H groups in total. The van der Waals surface area contributed by atoms with E-state index in [0.717, 1.165) is 24.4 Å². The van der Waals surface area contributed by atoms with Crippen molar-refractivity contribution in [2.45, 2.75) is 0 Å². The summed E-state index contributed by atoms with van der Waals surface area (Å²) in [4.78, 5) is 12.6. The number of amides is 2. The zero-order chi connectivity index (χ0) is 12.1. The van der Waals surface area contributed by atoms with Crippen molar-refractivity contribution in [2.24, 2.45) is 10.8 Å². The normalized spacial score (nSPS) is 15.1. The van der Waals surface area contributed by atoms with Gasteiger partial charge in [-0.3, -0.25) is 0 Å². The topological polar surface area (TPSA) is 70.5 Å². The standard InChI is InChI=1S/C12H14N4O/c13-12(17)15-14-7-6-11(16-8-9-16)10-4-2-1-3-5-10/h1-7H,8-9H2,(H3,13,15,17)/b11-6+,14-7+. The summed E-state index contributed by atoms with van der Waals surface area (Å²) in [6, 6.07) is 9.38. The van der Waals surface area contributed by atoms with Gasteiger partial charge in [0.25, 0.3) is 0 Å². The van der Waals surface area contributed by atoms with Crippen molar-refractivity contribution in [3.05, 3.63) is 42.0 Å². The smallest absolute Gasteiger partial charge is 0.332 e. The highest BCUT2D eigenvalue weighted by Gasteiger charge is 2.20. The van der Waals surface area contributed by atoms with E-state index in [0.29, 0.717) is 0 Å². The number of carbonyl (C=O) groups is 1. The van der Waals surface area contributed by atoms with Crippen LogP contribution in [0, 0.1) is 0 Å². The van der Waals surface area contributed by atoms with Crippen molar-refractivity contribution in [1.82, 2.24) is 10.3 Å². The van der Waals surface area contributed by atoms with Crippen LogP contribution in [-0.2, 0) is 0 Å². The maximum absolute atomic E-state index is 10.4. The van der Waals surface area contributed by atoms with Crippen LogP contribution in [0.1, 0.15) is 5.56 Å². The number of primary amides is 1. The number of benzene rings is 1. The SMILES string of the molecule is NC(=O)N/N=C/C=C(\c1ccccc1)N1CC1. The first-order valence-corrected chi connectivity index (χ1v) is 5.36. The molecular formula is C12H14N4O. The number of hydrogen-bond donors (Lipinski definition) is 2. The summed E-state index contributed by atoms with van der Waals surface area (Å²) in [5.41, 5.74) is 9.29. The number of nitrogens with two attached hydrogens (primary N) is 1. The third-order valence-corrected chi connectivity index (χ3v) is 2.34. The maximum Gasteiger partial charge on any atom is 0.332 e. The van der Waals surface area contributed by atoms with Gasteiger partial charge in [0.05, 0.1) is 0 Å². The highest BCUT2D eigenvalue weighted by atomic mass is 16.2. The average Bonchev–Trinajstić information content (AvgIpc) is 3.14. The first kappa shape index (κ1) is 11.2. The number of hydrogen-bond acceptors (Lipinski definition) is 3. The molecule has 0 aliphatic carbocycles. The molecule has 1 aromatic rings. The average molecular weight is 230 g/mol. The second-order valence-electron chi connectivity index (χ2n) is 3.66. The second-order valence-corrected chi connectivity index (χ2v) is 3.66. The fourth-order valence-corrected chi connectivity index (χ4v) is 1.49. The van der Waals surface area contributed by atoms with E-state index in [2.05, 4.69) is 15.4 Å². The van der Waals surface area contributed by atoms with Crippen LogP contribution in [0.2, 0.25) is 0 Å². The number of rotatable bonds is 4. The summed E-state index contributed by atoms with van der Waals surface area (Å²) in [7, 11) is 0. The highest BCUT2D eigenvalue weighted by molar-refractivity contribution is 5.85. The predicted octanol–water partition coefficient (Wildman–Crippen LogP) is 0.997. The van der Waals surface area contributed by atoms with Gasteiger partial charge in [-0.2, -0.15) is 5.10 Å². The van der Waals surface area contributed by atoms with Crippen molar-refractivity contribution < 1.29 is 4.79 Å². The van der Waals surface area contributed by atoms with Gasteiger partial charge in [0, 0.05) is 25.0 Å². The Hall–Kier alpha value is -2.30. The molecule has 88 valence electrons. The zero-order valence-corrected chi connectivity index (χ0v) is 9.34. The first-order chi connectivity index (χ1) is 8.27. The molecule has 5 heteroatoms. The van der Waals surface area contributed by atoms with Crippen molar-refractivity contribution in [3.63, 3.8) is 0 Å². The zero-order valence-electron chi connectivity index (χ0n) is 9.34. The molecule has 0 radical (unpaired) electrons. The predicted molar refractivity (Wildman–Crippen MR) is 67.2 cm³/mol.